The molecule has 0 radical (unpaired) electrons. The molecule has 0 saturated heterocycles. The van der Waals surface area contributed by atoms with Crippen LogP contribution in [0.3, 0.4) is 0 Å². The molecule has 2 rings (SSSR count). The fraction of sp³-hybridized carbons (Fsp3) is 0.143. The quantitative estimate of drug-likeness (QED) is 0.895. The summed E-state index contributed by atoms with van der Waals surface area (Å²) in [4.78, 5) is 11.7. The highest BCUT2D eigenvalue weighted by Gasteiger charge is 2.07. The fourth-order valence-corrected chi connectivity index (χ4v) is 1.60. The van der Waals surface area contributed by atoms with Gasteiger partial charge < -0.3 is 9.73 Å². The lowest BCUT2D eigenvalue weighted by atomic mass is 10.1. The van der Waals surface area contributed by atoms with Gasteiger partial charge in [0.25, 0.3) is 5.91 Å². The van der Waals surface area contributed by atoms with E-state index in [0.29, 0.717) is 23.4 Å². The number of hydrogen-bond donors (Lipinski definition) is 1. The molecule has 1 N–H and O–H groups in total. The summed E-state index contributed by atoms with van der Waals surface area (Å²) in [5.41, 5.74) is 1.98. The Morgan fingerprint density at radius 2 is 2.28 bits per heavy atom. The molecule has 1 heterocycles. The van der Waals surface area contributed by atoms with Crippen LogP contribution in [0, 0.1) is 18.3 Å². The second-order valence-corrected chi connectivity index (χ2v) is 3.94. The van der Waals surface area contributed by atoms with Crippen molar-refractivity contribution >= 4 is 5.91 Å². The standard InChI is InChI=1S/C14H12N2O2/c1-10-5-13(9-18-10)14(17)16-8-12-4-2-3-11(6-12)7-15/h2-6,9H,8H2,1H3,(H,16,17). The second-order valence-electron chi connectivity index (χ2n) is 3.94. The van der Waals surface area contributed by atoms with Crippen LogP contribution in [0.4, 0.5) is 0 Å². The number of amides is 1. The van der Waals surface area contributed by atoms with Crippen LogP contribution in [-0.4, -0.2) is 5.91 Å². The van der Waals surface area contributed by atoms with Gasteiger partial charge >= 0.3 is 0 Å². The van der Waals surface area contributed by atoms with Crippen molar-refractivity contribution in [3.8, 4) is 6.07 Å². The Labute approximate surface area is 105 Å². The number of furan rings is 1. The fourth-order valence-electron chi connectivity index (χ4n) is 1.60. The van der Waals surface area contributed by atoms with Crippen LogP contribution in [0.15, 0.2) is 41.0 Å². The van der Waals surface area contributed by atoms with Crippen molar-refractivity contribution in [3.63, 3.8) is 0 Å². The molecule has 18 heavy (non-hydrogen) atoms. The number of carbonyl (C=O) groups is 1. The number of nitrogens with one attached hydrogen (secondary N) is 1. The molecule has 4 heteroatoms. The van der Waals surface area contributed by atoms with E-state index in [1.165, 1.54) is 6.26 Å². The first-order valence-electron chi connectivity index (χ1n) is 5.51. The largest absolute Gasteiger partial charge is 0.469 e. The van der Waals surface area contributed by atoms with Gasteiger partial charge in [-0.3, -0.25) is 4.79 Å². The minimum atomic E-state index is -0.186. The van der Waals surface area contributed by atoms with Crippen LogP contribution >= 0.6 is 0 Å². The number of nitriles is 1. The van der Waals surface area contributed by atoms with E-state index in [9.17, 15) is 4.79 Å². The summed E-state index contributed by atoms with van der Waals surface area (Å²) in [6.45, 7) is 2.17. The van der Waals surface area contributed by atoms with Gasteiger partial charge in [0.15, 0.2) is 0 Å². The molecule has 0 atom stereocenters. The number of hydrogen-bond acceptors (Lipinski definition) is 3. The van der Waals surface area contributed by atoms with E-state index in [0.717, 1.165) is 5.56 Å². The predicted molar refractivity (Wildman–Crippen MR) is 65.8 cm³/mol. The van der Waals surface area contributed by atoms with Gasteiger partial charge in [-0.2, -0.15) is 5.26 Å². The summed E-state index contributed by atoms with van der Waals surface area (Å²) in [5.74, 6) is 0.515. The Bertz CT molecular complexity index is 608. The lowest BCUT2D eigenvalue weighted by Gasteiger charge is -2.03. The smallest absolute Gasteiger partial charge is 0.254 e. The molecule has 0 aliphatic heterocycles. The maximum atomic E-state index is 11.7. The third kappa shape index (κ3) is 2.77. The lowest BCUT2D eigenvalue weighted by molar-refractivity contribution is 0.0950. The molecule has 90 valence electrons. The minimum absolute atomic E-state index is 0.186. The Morgan fingerprint density at radius 1 is 1.44 bits per heavy atom. The van der Waals surface area contributed by atoms with E-state index >= 15 is 0 Å². The third-order valence-electron chi connectivity index (χ3n) is 2.50. The first kappa shape index (κ1) is 11.9. The van der Waals surface area contributed by atoms with Gasteiger partial charge in [-0.05, 0) is 30.7 Å². The molecule has 0 saturated carbocycles. The van der Waals surface area contributed by atoms with Crippen LogP contribution in [0.5, 0.6) is 0 Å². The molecule has 1 amide bonds. The Morgan fingerprint density at radius 3 is 2.94 bits per heavy atom. The SMILES string of the molecule is Cc1cc(C(=O)NCc2cccc(C#N)c2)co1. The van der Waals surface area contributed by atoms with Gasteiger partial charge in [0, 0.05) is 6.54 Å². The Balaban J connectivity index is 1.99. The lowest BCUT2D eigenvalue weighted by Crippen LogP contribution is -2.22. The molecule has 0 unspecified atom stereocenters. The van der Waals surface area contributed by atoms with Crippen molar-refractivity contribution < 1.29 is 9.21 Å². The second kappa shape index (κ2) is 5.19. The van der Waals surface area contributed by atoms with Gasteiger partial charge in [-0.15, -0.1) is 0 Å². The van der Waals surface area contributed by atoms with Gasteiger partial charge in [0.2, 0.25) is 0 Å². The van der Waals surface area contributed by atoms with E-state index < -0.39 is 0 Å². The van der Waals surface area contributed by atoms with E-state index in [1.807, 2.05) is 6.07 Å². The zero-order chi connectivity index (χ0) is 13.0. The minimum Gasteiger partial charge on any atom is -0.469 e. The number of carbonyl (C=O) groups excluding carboxylic acids is 1. The van der Waals surface area contributed by atoms with E-state index in [2.05, 4.69) is 11.4 Å². The molecule has 2 aromatic rings. The van der Waals surface area contributed by atoms with Crippen molar-refractivity contribution in [3.05, 3.63) is 59.0 Å². The first-order chi connectivity index (χ1) is 8.69. The number of benzene rings is 1. The molecule has 0 spiro atoms. The summed E-state index contributed by atoms with van der Waals surface area (Å²) in [5, 5.41) is 11.5. The van der Waals surface area contributed by atoms with Crippen LogP contribution in [0.1, 0.15) is 27.2 Å². The predicted octanol–water partition coefficient (Wildman–Crippen LogP) is 2.39. The van der Waals surface area contributed by atoms with E-state index in [-0.39, 0.29) is 5.91 Å². The van der Waals surface area contributed by atoms with Crippen molar-refractivity contribution in [1.29, 1.82) is 5.26 Å². The van der Waals surface area contributed by atoms with Crippen molar-refractivity contribution in [2.24, 2.45) is 0 Å². The Hall–Kier alpha value is -2.54. The molecule has 1 aromatic carbocycles. The van der Waals surface area contributed by atoms with Gasteiger partial charge in [0.05, 0.1) is 17.2 Å². The molecular formula is C14H12N2O2. The normalized spacial score (nSPS) is 9.78. The van der Waals surface area contributed by atoms with Crippen molar-refractivity contribution in [2.45, 2.75) is 13.5 Å². The summed E-state index contributed by atoms with van der Waals surface area (Å²) >= 11 is 0. The number of nitrogens with zero attached hydrogens (tertiary/aromatic N) is 1. The maximum absolute atomic E-state index is 11.7. The average Bonchev–Trinajstić information content (AvgIpc) is 2.83. The Kier molecular flexibility index (Phi) is 3.44. The molecule has 4 nitrogen and oxygen atoms in total. The summed E-state index contributed by atoms with van der Waals surface area (Å²) in [7, 11) is 0. The highest BCUT2D eigenvalue weighted by atomic mass is 16.3. The van der Waals surface area contributed by atoms with Gasteiger partial charge in [-0.1, -0.05) is 12.1 Å². The topological polar surface area (TPSA) is 66.0 Å². The van der Waals surface area contributed by atoms with E-state index in [4.69, 9.17) is 9.68 Å². The molecule has 0 bridgehead atoms. The summed E-state index contributed by atoms with van der Waals surface area (Å²) in [6.07, 6.45) is 1.43. The summed E-state index contributed by atoms with van der Waals surface area (Å²) < 4.78 is 5.07. The number of rotatable bonds is 3. The number of aryl methyl sites for hydroxylation is 1. The monoisotopic (exact) mass is 240 g/mol. The van der Waals surface area contributed by atoms with Crippen LogP contribution < -0.4 is 5.32 Å². The molecule has 0 fully saturated rings. The van der Waals surface area contributed by atoms with Crippen LogP contribution in [-0.2, 0) is 6.54 Å². The van der Waals surface area contributed by atoms with Crippen LogP contribution in [0.25, 0.3) is 0 Å². The van der Waals surface area contributed by atoms with Crippen LogP contribution in [0.2, 0.25) is 0 Å². The van der Waals surface area contributed by atoms with Crippen molar-refractivity contribution in [2.75, 3.05) is 0 Å². The molecule has 0 aliphatic rings. The van der Waals surface area contributed by atoms with E-state index in [1.54, 1.807) is 31.2 Å². The summed E-state index contributed by atoms with van der Waals surface area (Å²) in [6, 6.07) is 10.9. The van der Waals surface area contributed by atoms with Gasteiger partial charge in [0.1, 0.15) is 12.0 Å². The highest BCUT2D eigenvalue weighted by Crippen LogP contribution is 2.07. The third-order valence-corrected chi connectivity index (χ3v) is 2.50. The first-order valence-corrected chi connectivity index (χ1v) is 5.51. The zero-order valence-electron chi connectivity index (χ0n) is 9.93. The molecular weight excluding hydrogens is 228 g/mol. The maximum Gasteiger partial charge on any atom is 0.254 e. The van der Waals surface area contributed by atoms with Gasteiger partial charge in [-0.25, -0.2) is 0 Å². The molecule has 0 aliphatic carbocycles. The zero-order valence-corrected chi connectivity index (χ0v) is 9.93. The highest BCUT2D eigenvalue weighted by molar-refractivity contribution is 5.93. The average molecular weight is 240 g/mol. The van der Waals surface area contributed by atoms with Crippen molar-refractivity contribution in [1.82, 2.24) is 5.32 Å². The molecule has 1 aromatic heterocycles.